The highest BCUT2D eigenvalue weighted by Crippen LogP contribution is 2.80. The first kappa shape index (κ1) is 76.4. The first-order valence-corrected chi connectivity index (χ1v) is 38.5. The number of allylic oxidation sites excluding steroid dienone is 2. The Labute approximate surface area is 579 Å². The monoisotopic (exact) mass is 1340 g/mol. The number of aliphatic hydroxyl groups is 2. The number of aliphatic hydroxyl groups excluding tert-OH is 2. The number of hydrogen-bond acceptors (Lipinski definition) is 10. The van der Waals surface area contributed by atoms with Gasteiger partial charge in [0.1, 0.15) is 18.3 Å². The van der Waals surface area contributed by atoms with Crippen LogP contribution in [0.4, 0.5) is 0 Å². The maximum absolute atomic E-state index is 14.5. The number of aliphatic carboxylic acids is 3. The summed E-state index contributed by atoms with van der Waals surface area (Å²) in [6.45, 7) is 45.5. The summed E-state index contributed by atoms with van der Waals surface area (Å²) >= 11 is 0. The number of nitrogens with one attached hydrogen (secondary N) is 1. The van der Waals surface area contributed by atoms with Gasteiger partial charge in [-0.3, -0.25) is 28.8 Å². The number of ether oxygens (including phenoxy) is 2. The number of fused-ring (bicyclic) bond motifs is 14. The molecule has 0 heterocycles. The van der Waals surface area contributed by atoms with Gasteiger partial charge < -0.3 is 40.3 Å². The molecular weight excluding hydrogens is 1210 g/mol. The van der Waals surface area contributed by atoms with Gasteiger partial charge in [0.25, 0.3) is 0 Å². The maximum Gasteiger partial charge on any atom is 0.309 e. The number of amides is 1. The van der Waals surface area contributed by atoms with E-state index in [4.69, 9.17) is 14.6 Å². The summed E-state index contributed by atoms with van der Waals surface area (Å²) in [5.74, 6) is 1.21. The van der Waals surface area contributed by atoms with E-state index in [-0.39, 0.29) is 97.5 Å². The lowest BCUT2D eigenvalue weighted by atomic mass is 9.32. The minimum atomic E-state index is -1.21. The first-order chi connectivity index (χ1) is 44.5. The van der Waals surface area contributed by atoms with Crippen LogP contribution in [0.3, 0.4) is 0 Å². The molecule has 10 saturated carbocycles. The van der Waals surface area contributed by atoms with E-state index in [9.17, 15) is 49.2 Å². The topological polar surface area (TPSA) is 234 Å². The summed E-state index contributed by atoms with van der Waals surface area (Å²) in [4.78, 5) is 75.5. The molecule has 6 unspecified atom stereocenters. The molecule has 10 rings (SSSR count). The van der Waals surface area contributed by atoms with Crippen LogP contribution in [0.25, 0.3) is 0 Å². The van der Waals surface area contributed by atoms with Crippen LogP contribution in [-0.4, -0.2) is 92.2 Å². The summed E-state index contributed by atoms with van der Waals surface area (Å²) in [5.41, 5.74) is 1.04. The number of carbonyl (C=O) groups excluding carboxylic acids is 3. The smallest absolute Gasteiger partial charge is 0.309 e. The molecule has 14 heteroatoms. The molecule has 96 heavy (non-hydrogen) atoms. The zero-order valence-electron chi connectivity index (χ0n) is 62.8. The molecule has 0 radical (unpaired) electrons. The highest BCUT2D eigenvalue weighted by Gasteiger charge is 2.74. The van der Waals surface area contributed by atoms with E-state index in [1.165, 1.54) is 31.3 Å². The van der Waals surface area contributed by atoms with Crippen LogP contribution < -0.4 is 5.32 Å². The van der Waals surface area contributed by atoms with Crippen LogP contribution in [0.1, 0.15) is 297 Å². The Bertz CT molecular complexity index is 2930. The van der Waals surface area contributed by atoms with Crippen molar-refractivity contribution in [2.75, 3.05) is 6.54 Å². The van der Waals surface area contributed by atoms with Gasteiger partial charge in [0.05, 0.1) is 35.2 Å². The Morgan fingerprint density at radius 2 is 1.04 bits per heavy atom. The van der Waals surface area contributed by atoms with Gasteiger partial charge in [0, 0.05) is 18.4 Å². The SMILES string of the molecule is C=C(C)C1CC[C@]2(C(=O)NCCCCCCCC(=O)O[C@@H](CC(C)C)[C@@H](O)CC(=O)O)CC[C@]3(C)[C@H](CCC4[C@@]5(C)CCC(O)C(C)(C)[C@@H]5CC[C@]43C)[C@@H]12.C=C(C)C1CC[C@]2(C(=O)O)CC[C@]3(C)[C@H](CCC4[C@@]5(C)CCC(OC(=O)CC(C)(C)C(=O)O)C(C)(C)[C@@H]5CC[C@]43C)[C@@H]12. The maximum atomic E-state index is 14.5. The van der Waals surface area contributed by atoms with Crippen LogP contribution in [0, 0.1) is 125 Å². The second-order valence-electron chi connectivity index (χ2n) is 38.2. The fourth-order valence-electron chi connectivity index (χ4n) is 26.4. The molecule has 0 spiro atoms. The average molecular weight is 1340 g/mol. The van der Waals surface area contributed by atoms with E-state index in [0.29, 0.717) is 72.6 Å². The zero-order chi connectivity index (χ0) is 71.1. The lowest BCUT2D eigenvalue weighted by molar-refractivity contribution is -0.250. The lowest BCUT2D eigenvalue weighted by Gasteiger charge is -2.72. The number of carboxylic acid groups (broad SMARTS) is 3. The minimum Gasteiger partial charge on any atom is -0.481 e. The van der Waals surface area contributed by atoms with Crippen LogP contribution in [0.2, 0.25) is 0 Å². The summed E-state index contributed by atoms with van der Waals surface area (Å²) in [6, 6.07) is 0. The Hall–Kier alpha value is -3.78. The van der Waals surface area contributed by atoms with Crippen LogP contribution in [-0.2, 0) is 38.2 Å². The predicted molar refractivity (Wildman–Crippen MR) is 376 cm³/mol. The van der Waals surface area contributed by atoms with Crippen molar-refractivity contribution in [2.24, 2.45) is 125 Å². The Balaban J connectivity index is 0.000000232. The highest BCUT2D eigenvalue weighted by atomic mass is 16.6. The van der Waals surface area contributed by atoms with Crippen molar-refractivity contribution in [3.05, 3.63) is 24.3 Å². The third kappa shape index (κ3) is 12.9. The lowest BCUT2D eigenvalue weighted by Crippen LogP contribution is -2.67. The summed E-state index contributed by atoms with van der Waals surface area (Å²) in [5, 5.41) is 54.0. The fourth-order valence-corrected chi connectivity index (χ4v) is 26.4. The van der Waals surface area contributed by atoms with E-state index in [1.807, 2.05) is 13.8 Å². The molecular formula is C82H133NO13. The van der Waals surface area contributed by atoms with Gasteiger partial charge in [0.2, 0.25) is 5.91 Å². The number of unbranched alkanes of at least 4 members (excludes halogenated alkanes) is 4. The van der Waals surface area contributed by atoms with E-state index in [2.05, 4.69) is 102 Å². The third-order valence-electron chi connectivity index (χ3n) is 32.0. The van der Waals surface area contributed by atoms with Gasteiger partial charge in [-0.1, -0.05) is 127 Å². The van der Waals surface area contributed by atoms with Crippen molar-refractivity contribution < 1.29 is 63.8 Å². The molecule has 14 nitrogen and oxygen atoms in total. The van der Waals surface area contributed by atoms with Crippen LogP contribution >= 0.6 is 0 Å². The van der Waals surface area contributed by atoms with Crippen molar-refractivity contribution >= 4 is 35.8 Å². The van der Waals surface area contributed by atoms with Gasteiger partial charge in [-0.05, 0) is 278 Å². The second-order valence-corrected chi connectivity index (χ2v) is 38.2. The number of rotatable bonds is 22. The van der Waals surface area contributed by atoms with Crippen molar-refractivity contribution in [3.8, 4) is 0 Å². The van der Waals surface area contributed by atoms with Gasteiger partial charge in [-0.25, -0.2) is 0 Å². The van der Waals surface area contributed by atoms with E-state index < -0.39 is 53.3 Å². The van der Waals surface area contributed by atoms with E-state index in [0.717, 1.165) is 134 Å². The molecule has 22 atom stereocenters. The standard InChI is InChI=1S/C46H77NO7.C36H56O6/c1-29(2)27-34(33(48)28-38(50)51)54-39(52)15-13-11-10-12-14-26-47-41(53)46-23-18-31(30(3)4)40(46)32-16-17-36-43(7)21-20-37(49)42(5,6)35(43)19-22-45(36,9)44(32,8)24-25-46;1-21(2)22-12-17-36(30(40)41)19-18-34(8)23(28(22)36)10-11-25-33(7)15-14-26(42-27(37)20-31(3,4)29(38)39)32(5,6)24(33)13-16-35(25,34)9/h29,31-37,40,48-49H,3,10-28H2,1-2,4-9H3,(H,47,53)(H,50,51);22-26,28H,1,10-20H2,2-9H3,(H,38,39)(H,40,41)/t31?,32-,33+,34+,35+,36?,37?,40-,43+,44-,45-,46+;22?,23-,24+,25?,26?,28-,33+,34-,35-,36+/m11/s1. The average Bonchev–Trinajstić information content (AvgIpc) is 1.04. The fraction of sp³-hybridized carbons (Fsp3) is 0.878. The molecule has 0 aromatic heterocycles. The zero-order valence-corrected chi connectivity index (χ0v) is 62.8. The van der Waals surface area contributed by atoms with Gasteiger partial charge >= 0.3 is 29.8 Å². The number of hydrogen-bond donors (Lipinski definition) is 6. The molecule has 0 aromatic carbocycles. The Kier molecular flexibility index (Phi) is 21.9. The minimum absolute atomic E-state index is 0.0513. The van der Waals surface area contributed by atoms with E-state index >= 15 is 0 Å². The summed E-state index contributed by atoms with van der Waals surface area (Å²) in [6.07, 6.45) is 22.8. The quantitative estimate of drug-likeness (QED) is 0.0337. The molecule has 0 saturated heterocycles. The van der Waals surface area contributed by atoms with Gasteiger partial charge in [0.15, 0.2) is 0 Å². The molecule has 6 N–H and O–H groups in total. The Morgan fingerprint density at radius 1 is 0.552 bits per heavy atom. The first-order valence-electron chi connectivity index (χ1n) is 38.5. The van der Waals surface area contributed by atoms with Crippen molar-refractivity contribution in [3.63, 3.8) is 0 Å². The summed E-state index contributed by atoms with van der Waals surface area (Å²) < 4.78 is 11.6. The van der Waals surface area contributed by atoms with Crippen molar-refractivity contribution in [1.29, 1.82) is 0 Å². The molecule has 0 bridgehead atoms. The third-order valence-corrected chi connectivity index (χ3v) is 32.0. The number of esters is 2. The molecule has 10 aliphatic carbocycles. The van der Waals surface area contributed by atoms with Gasteiger partial charge in [-0.2, -0.15) is 0 Å². The largest absolute Gasteiger partial charge is 0.481 e. The summed E-state index contributed by atoms with van der Waals surface area (Å²) in [7, 11) is 0. The molecule has 0 aromatic rings. The van der Waals surface area contributed by atoms with Crippen molar-refractivity contribution in [2.45, 2.75) is 321 Å². The normalized spacial score (nSPS) is 42.2. The molecule has 544 valence electrons. The molecule has 10 fully saturated rings. The molecule has 10 aliphatic rings. The Morgan fingerprint density at radius 3 is 1.55 bits per heavy atom. The molecule has 1 amide bonds. The number of carbonyl (C=O) groups is 6. The van der Waals surface area contributed by atoms with E-state index in [1.54, 1.807) is 13.8 Å². The van der Waals surface area contributed by atoms with Crippen LogP contribution in [0.5, 0.6) is 0 Å². The van der Waals surface area contributed by atoms with Crippen molar-refractivity contribution in [1.82, 2.24) is 5.32 Å². The second kappa shape index (κ2) is 27.5. The van der Waals surface area contributed by atoms with Gasteiger partial charge in [-0.15, -0.1) is 0 Å². The predicted octanol–water partition coefficient (Wildman–Crippen LogP) is 17.4. The molecule has 0 aliphatic heterocycles. The van der Waals surface area contributed by atoms with Crippen LogP contribution in [0.15, 0.2) is 24.3 Å². The number of carboxylic acids is 3. The highest BCUT2D eigenvalue weighted by molar-refractivity contribution is 5.84.